The molecule has 1 amide bonds. The van der Waals surface area contributed by atoms with Crippen LogP contribution < -0.4 is 21.1 Å². The number of nitrogens with zero attached hydrogens (tertiary/aromatic N) is 2. The predicted molar refractivity (Wildman–Crippen MR) is 136 cm³/mol. The zero-order chi connectivity index (χ0) is 24.4. The van der Waals surface area contributed by atoms with E-state index in [1.54, 1.807) is 7.11 Å². The third kappa shape index (κ3) is 5.27. The van der Waals surface area contributed by atoms with E-state index in [9.17, 15) is 9.18 Å². The van der Waals surface area contributed by atoms with Crippen LogP contribution in [-0.2, 0) is 17.8 Å². The number of hydrogen-bond acceptors (Lipinski definition) is 7. The van der Waals surface area contributed by atoms with Gasteiger partial charge in [-0.15, -0.1) is 11.8 Å². The zero-order valence-corrected chi connectivity index (χ0v) is 20.5. The number of anilines is 1. The molecule has 2 aliphatic rings. The molecule has 1 atom stereocenters. The van der Waals surface area contributed by atoms with E-state index in [0.29, 0.717) is 53.3 Å². The Labute approximate surface area is 208 Å². The third-order valence-corrected chi connectivity index (χ3v) is 8.11. The molecule has 184 valence electrons. The number of fused-ring (bicyclic) bond motifs is 2. The molecule has 5 rings (SSSR count). The monoisotopic (exact) mass is 495 g/mol. The topological polar surface area (TPSA) is 102 Å². The molecule has 0 saturated heterocycles. The Balaban J connectivity index is 1.17. The Kier molecular flexibility index (Phi) is 7.17. The number of nitrogens with two attached hydrogens (primary N) is 1. The van der Waals surface area contributed by atoms with Gasteiger partial charge in [0.1, 0.15) is 22.9 Å². The van der Waals surface area contributed by atoms with Crippen molar-refractivity contribution in [1.29, 1.82) is 0 Å². The van der Waals surface area contributed by atoms with E-state index in [1.165, 1.54) is 18.0 Å². The third-order valence-electron chi connectivity index (χ3n) is 7.06. The number of carbonyl (C=O) groups excluding carboxylic acids is 1. The number of rotatable bonds is 7. The van der Waals surface area contributed by atoms with Gasteiger partial charge in [0.25, 0.3) is 0 Å². The number of halogens is 1. The molecule has 0 bridgehead atoms. The second kappa shape index (κ2) is 10.5. The fraction of sp³-hybridized carbons (Fsp3) is 0.423. The first-order valence-corrected chi connectivity index (χ1v) is 13.0. The number of ether oxygens (including phenoxy) is 1. The van der Waals surface area contributed by atoms with Crippen LogP contribution in [0.2, 0.25) is 0 Å². The maximum Gasteiger partial charge on any atom is 0.235 e. The quantitative estimate of drug-likeness (QED) is 0.455. The molecule has 35 heavy (non-hydrogen) atoms. The number of hydrogen-bond donors (Lipinski definition) is 3. The molecule has 0 spiro atoms. The van der Waals surface area contributed by atoms with Gasteiger partial charge in [-0.2, -0.15) is 0 Å². The van der Waals surface area contributed by atoms with Crippen LogP contribution in [0, 0.1) is 11.7 Å². The molecule has 2 aromatic heterocycles. The highest BCUT2D eigenvalue weighted by molar-refractivity contribution is 8.00. The van der Waals surface area contributed by atoms with E-state index in [1.807, 2.05) is 30.3 Å². The summed E-state index contributed by atoms with van der Waals surface area (Å²) >= 11 is 1.52. The molecule has 1 fully saturated rings. The summed E-state index contributed by atoms with van der Waals surface area (Å²) in [6.45, 7) is 0.658. The van der Waals surface area contributed by atoms with Gasteiger partial charge in [-0.1, -0.05) is 12.1 Å². The summed E-state index contributed by atoms with van der Waals surface area (Å²) in [5.41, 5.74) is 8.81. The summed E-state index contributed by atoms with van der Waals surface area (Å²) in [7, 11) is 1.59. The van der Waals surface area contributed by atoms with Crippen molar-refractivity contribution in [3.63, 3.8) is 0 Å². The summed E-state index contributed by atoms with van der Waals surface area (Å²) in [5.74, 6) is 1.76. The van der Waals surface area contributed by atoms with Crippen molar-refractivity contribution in [2.75, 3.05) is 18.2 Å². The van der Waals surface area contributed by atoms with Gasteiger partial charge >= 0.3 is 0 Å². The molecule has 4 N–H and O–H groups in total. The Morgan fingerprint density at radius 3 is 2.89 bits per heavy atom. The van der Waals surface area contributed by atoms with Crippen molar-refractivity contribution < 1.29 is 13.9 Å². The van der Waals surface area contributed by atoms with Crippen LogP contribution in [0.3, 0.4) is 0 Å². The zero-order valence-electron chi connectivity index (χ0n) is 19.7. The standard InChI is InChI=1S/C26H30FN5O2S/c1-34-22-4-2-3-18-19(20(27)13-30-25(18)22)11-21(28)15-5-7-16(8-6-15)29-12-17-9-10-23-26(31-17)32-24(33)14-35-23/h2-4,9-10,13,15-16,21,29H,5-8,11-12,14,28H2,1H3,(H,31,32,33)/t15?,16?,21-/m0/s1. The lowest BCUT2D eigenvalue weighted by Crippen LogP contribution is -2.39. The van der Waals surface area contributed by atoms with Crippen molar-refractivity contribution in [2.24, 2.45) is 11.7 Å². The van der Waals surface area contributed by atoms with E-state index in [2.05, 4.69) is 20.6 Å². The number of amides is 1. The Morgan fingerprint density at radius 1 is 1.26 bits per heavy atom. The van der Waals surface area contributed by atoms with E-state index in [4.69, 9.17) is 10.5 Å². The summed E-state index contributed by atoms with van der Waals surface area (Å²) in [6.07, 6.45) is 5.77. The fourth-order valence-electron chi connectivity index (χ4n) is 5.10. The normalized spacial score (nSPS) is 20.8. The highest BCUT2D eigenvalue weighted by atomic mass is 32.2. The van der Waals surface area contributed by atoms with Gasteiger partial charge in [0.05, 0.1) is 29.6 Å². The van der Waals surface area contributed by atoms with Crippen LogP contribution in [0.5, 0.6) is 5.75 Å². The minimum Gasteiger partial charge on any atom is -0.494 e. The van der Waals surface area contributed by atoms with Gasteiger partial charge in [0.15, 0.2) is 0 Å². The van der Waals surface area contributed by atoms with Gasteiger partial charge in [-0.3, -0.25) is 4.79 Å². The molecule has 0 radical (unpaired) electrons. The van der Waals surface area contributed by atoms with E-state index < -0.39 is 0 Å². The van der Waals surface area contributed by atoms with Gasteiger partial charge < -0.3 is 21.1 Å². The maximum absolute atomic E-state index is 14.7. The minimum atomic E-state index is -0.316. The van der Waals surface area contributed by atoms with Gasteiger partial charge in [-0.25, -0.2) is 14.4 Å². The largest absolute Gasteiger partial charge is 0.494 e. The van der Waals surface area contributed by atoms with Crippen LogP contribution >= 0.6 is 11.8 Å². The molecule has 1 saturated carbocycles. The number of aromatic nitrogens is 2. The fourth-order valence-corrected chi connectivity index (χ4v) is 5.86. The second-order valence-corrected chi connectivity index (χ2v) is 10.3. The Bertz CT molecular complexity index is 1230. The summed E-state index contributed by atoms with van der Waals surface area (Å²) < 4.78 is 20.1. The van der Waals surface area contributed by atoms with E-state index >= 15 is 0 Å². The smallest absolute Gasteiger partial charge is 0.235 e. The number of nitrogens with one attached hydrogen (secondary N) is 2. The number of methoxy groups -OCH3 is 1. The average Bonchev–Trinajstić information content (AvgIpc) is 2.88. The first kappa shape index (κ1) is 24.0. The first-order valence-electron chi connectivity index (χ1n) is 12.0. The molecule has 3 heterocycles. The molecule has 1 aromatic carbocycles. The average molecular weight is 496 g/mol. The molecule has 7 nitrogen and oxygen atoms in total. The van der Waals surface area contributed by atoms with Crippen LogP contribution in [-0.4, -0.2) is 40.8 Å². The molecule has 1 aliphatic carbocycles. The molecule has 1 aliphatic heterocycles. The lowest BCUT2D eigenvalue weighted by molar-refractivity contribution is -0.113. The highest BCUT2D eigenvalue weighted by Gasteiger charge is 2.27. The summed E-state index contributed by atoms with van der Waals surface area (Å²) in [6, 6.07) is 9.89. The van der Waals surface area contributed by atoms with Crippen molar-refractivity contribution in [3.8, 4) is 5.75 Å². The second-order valence-electron chi connectivity index (χ2n) is 9.29. The number of pyridine rings is 2. The summed E-state index contributed by atoms with van der Waals surface area (Å²) in [5, 5.41) is 7.22. The lowest BCUT2D eigenvalue weighted by Gasteiger charge is -2.33. The van der Waals surface area contributed by atoms with Crippen molar-refractivity contribution >= 4 is 34.4 Å². The van der Waals surface area contributed by atoms with Crippen molar-refractivity contribution in [1.82, 2.24) is 15.3 Å². The summed E-state index contributed by atoms with van der Waals surface area (Å²) in [4.78, 5) is 21.5. The first-order chi connectivity index (χ1) is 17.0. The van der Waals surface area contributed by atoms with Crippen molar-refractivity contribution in [2.45, 2.75) is 55.6 Å². The maximum atomic E-state index is 14.7. The van der Waals surface area contributed by atoms with Crippen LogP contribution in [0.15, 0.2) is 41.4 Å². The highest BCUT2D eigenvalue weighted by Crippen LogP contribution is 2.32. The predicted octanol–water partition coefficient (Wildman–Crippen LogP) is 4.04. The number of para-hydroxylation sites is 1. The van der Waals surface area contributed by atoms with E-state index in [-0.39, 0.29) is 17.8 Å². The molecule has 0 unspecified atom stereocenters. The van der Waals surface area contributed by atoms with Crippen LogP contribution in [0.25, 0.3) is 10.9 Å². The molecular weight excluding hydrogens is 465 g/mol. The number of carbonyl (C=O) groups is 1. The van der Waals surface area contributed by atoms with Gasteiger partial charge in [0, 0.05) is 29.6 Å². The van der Waals surface area contributed by atoms with Crippen molar-refractivity contribution in [3.05, 3.63) is 53.6 Å². The number of benzene rings is 1. The minimum absolute atomic E-state index is 0.00597. The molecule has 3 aromatic rings. The Hall–Kier alpha value is -2.75. The van der Waals surface area contributed by atoms with Gasteiger partial charge in [0.2, 0.25) is 5.91 Å². The number of thioether (sulfide) groups is 1. The van der Waals surface area contributed by atoms with E-state index in [0.717, 1.165) is 41.7 Å². The molecule has 9 heteroatoms. The van der Waals surface area contributed by atoms with Crippen LogP contribution in [0.4, 0.5) is 10.2 Å². The molecular formula is C26H30FN5O2S. The lowest BCUT2D eigenvalue weighted by atomic mass is 9.79. The van der Waals surface area contributed by atoms with Crippen LogP contribution in [0.1, 0.15) is 36.9 Å². The Morgan fingerprint density at radius 2 is 2.09 bits per heavy atom. The van der Waals surface area contributed by atoms with Gasteiger partial charge in [-0.05, 0) is 56.2 Å². The SMILES string of the molecule is COc1cccc2c(C[C@H](N)C3CCC(NCc4ccc5c(n4)NC(=O)CS5)CC3)c(F)cnc12.